The van der Waals surface area contributed by atoms with E-state index in [-0.39, 0.29) is 5.43 Å². The monoisotopic (exact) mass is 255 g/mol. The average molecular weight is 255 g/mol. The van der Waals surface area contributed by atoms with Crippen molar-refractivity contribution in [1.82, 2.24) is 4.90 Å². The molecule has 0 N–H and O–H groups in total. The van der Waals surface area contributed by atoms with E-state index in [9.17, 15) is 4.79 Å². The number of fused-ring (bicyclic) bond motifs is 2. The first kappa shape index (κ1) is 13.3. The Bertz CT molecular complexity index is 684. The molecule has 0 aliphatic rings. The lowest BCUT2D eigenvalue weighted by atomic mass is 10.1. The maximum Gasteiger partial charge on any atom is 0.200 e. The maximum absolute atomic E-state index is 12.0. The van der Waals surface area contributed by atoms with Crippen molar-refractivity contribution in [2.45, 2.75) is 0 Å². The zero-order valence-corrected chi connectivity index (χ0v) is 11.4. The molecule has 98 valence electrons. The molecule has 0 aliphatic carbocycles. The van der Waals surface area contributed by atoms with E-state index in [4.69, 9.17) is 4.42 Å². The highest BCUT2D eigenvalue weighted by molar-refractivity contribution is 5.89. The Kier molecular flexibility index (Phi) is 3.97. The molecule has 2 aromatic carbocycles. The van der Waals surface area contributed by atoms with Gasteiger partial charge >= 0.3 is 0 Å². The predicted molar refractivity (Wildman–Crippen MR) is 79.6 cm³/mol. The molecule has 0 bridgehead atoms. The van der Waals surface area contributed by atoms with Gasteiger partial charge in [-0.25, -0.2) is 0 Å². The van der Waals surface area contributed by atoms with Crippen LogP contribution in [0, 0.1) is 0 Å². The molecule has 0 atom stereocenters. The third-order valence-corrected chi connectivity index (χ3v) is 2.48. The summed E-state index contributed by atoms with van der Waals surface area (Å²) in [6.45, 7) is 0. The van der Waals surface area contributed by atoms with Gasteiger partial charge in [0.05, 0.1) is 10.8 Å². The van der Waals surface area contributed by atoms with Crippen LogP contribution in [-0.4, -0.2) is 26.0 Å². The highest BCUT2D eigenvalue weighted by atomic mass is 16.3. The highest BCUT2D eigenvalue weighted by Gasteiger charge is 2.04. The van der Waals surface area contributed by atoms with E-state index in [1.165, 1.54) is 0 Å². The standard InChI is InChI=1S/C13H8O2.C3H9N/c14-13-9-5-1-3-7-11(9)15-12-8-4-2-6-10(12)13;1-4(2)3/h1-8H;1-3H3. The normalized spacial score (nSPS) is 10.5. The van der Waals surface area contributed by atoms with Crippen LogP contribution in [0.15, 0.2) is 57.7 Å². The van der Waals surface area contributed by atoms with Crippen molar-refractivity contribution in [1.29, 1.82) is 0 Å². The lowest BCUT2D eigenvalue weighted by Gasteiger charge is -1.99. The van der Waals surface area contributed by atoms with Crippen LogP contribution in [0.25, 0.3) is 21.9 Å². The number of hydrogen-bond acceptors (Lipinski definition) is 3. The third kappa shape index (κ3) is 3.01. The van der Waals surface area contributed by atoms with E-state index in [0.29, 0.717) is 21.9 Å². The van der Waals surface area contributed by atoms with Gasteiger partial charge in [-0.2, -0.15) is 0 Å². The van der Waals surface area contributed by atoms with Crippen LogP contribution >= 0.6 is 0 Å². The summed E-state index contributed by atoms with van der Waals surface area (Å²) >= 11 is 0. The molecule has 0 aliphatic heterocycles. The van der Waals surface area contributed by atoms with E-state index < -0.39 is 0 Å². The molecule has 0 saturated carbocycles. The van der Waals surface area contributed by atoms with Crippen molar-refractivity contribution >= 4 is 21.9 Å². The van der Waals surface area contributed by atoms with E-state index >= 15 is 0 Å². The lowest BCUT2D eigenvalue weighted by Crippen LogP contribution is -2.01. The van der Waals surface area contributed by atoms with Gasteiger partial charge in [0.2, 0.25) is 5.43 Å². The largest absolute Gasteiger partial charge is 0.456 e. The number of hydrogen-bond donors (Lipinski definition) is 0. The molecule has 3 heteroatoms. The molecular weight excluding hydrogens is 238 g/mol. The van der Waals surface area contributed by atoms with Crippen molar-refractivity contribution in [2.24, 2.45) is 0 Å². The van der Waals surface area contributed by atoms with Gasteiger partial charge < -0.3 is 9.32 Å². The molecular formula is C16H17NO2. The van der Waals surface area contributed by atoms with Crippen LogP contribution in [-0.2, 0) is 0 Å². The molecule has 0 spiro atoms. The molecule has 1 heterocycles. The Hall–Kier alpha value is -2.13. The van der Waals surface area contributed by atoms with Crippen molar-refractivity contribution in [3.8, 4) is 0 Å². The minimum absolute atomic E-state index is 0.0347. The summed E-state index contributed by atoms with van der Waals surface area (Å²) in [5.41, 5.74) is 1.31. The smallest absolute Gasteiger partial charge is 0.200 e. The van der Waals surface area contributed by atoms with Gasteiger partial charge in [-0.3, -0.25) is 4.79 Å². The topological polar surface area (TPSA) is 33.5 Å². The molecule has 0 radical (unpaired) electrons. The second-order valence-corrected chi connectivity index (χ2v) is 4.77. The van der Waals surface area contributed by atoms with E-state index in [1.807, 2.05) is 62.4 Å². The second-order valence-electron chi connectivity index (χ2n) is 4.77. The summed E-state index contributed by atoms with van der Waals surface area (Å²) in [4.78, 5) is 14.0. The molecule has 0 unspecified atom stereocenters. The number of para-hydroxylation sites is 2. The Morgan fingerprint density at radius 2 is 1.16 bits per heavy atom. The van der Waals surface area contributed by atoms with Crippen LogP contribution < -0.4 is 5.43 Å². The fourth-order valence-corrected chi connectivity index (χ4v) is 1.75. The fourth-order valence-electron chi connectivity index (χ4n) is 1.75. The minimum Gasteiger partial charge on any atom is -0.456 e. The molecule has 1 aromatic heterocycles. The summed E-state index contributed by atoms with van der Waals surface area (Å²) in [6, 6.07) is 14.6. The summed E-state index contributed by atoms with van der Waals surface area (Å²) in [5.74, 6) is 0. The van der Waals surface area contributed by atoms with E-state index in [0.717, 1.165) is 0 Å². The van der Waals surface area contributed by atoms with Gasteiger partial charge in [-0.1, -0.05) is 24.3 Å². The summed E-state index contributed by atoms with van der Waals surface area (Å²) in [5, 5.41) is 1.27. The number of benzene rings is 2. The average Bonchev–Trinajstić information content (AvgIpc) is 2.38. The summed E-state index contributed by atoms with van der Waals surface area (Å²) in [6.07, 6.45) is 0. The van der Waals surface area contributed by atoms with Crippen LogP contribution in [0.2, 0.25) is 0 Å². The Morgan fingerprint density at radius 3 is 1.58 bits per heavy atom. The molecule has 3 rings (SSSR count). The van der Waals surface area contributed by atoms with Crippen molar-refractivity contribution in [3.05, 3.63) is 58.8 Å². The fraction of sp³-hybridized carbons (Fsp3) is 0.188. The number of nitrogens with zero attached hydrogens (tertiary/aromatic N) is 1. The molecule has 0 saturated heterocycles. The maximum atomic E-state index is 12.0. The summed E-state index contributed by atoms with van der Waals surface area (Å²) in [7, 11) is 6.00. The van der Waals surface area contributed by atoms with Crippen molar-refractivity contribution in [3.63, 3.8) is 0 Å². The Balaban J connectivity index is 0.000000297. The van der Waals surface area contributed by atoms with Gasteiger partial charge in [0.1, 0.15) is 11.2 Å². The van der Waals surface area contributed by atoms with Gasteiger partial charge in [0.15, 0.2) is 0 Å². The van der Waals surface area contributed by atoms with Gasteiger partial charge in [0.25, 0.3) is 0 Å². The van der Waals surface area contributed by atoms with Crippen LogP contribution in [0.4, 0.5) is 0 Å². The molecule has 0 fully saturated rings. The van der Waals surface area contributed by atoms with E-state index in [2.05, 4.69) is 0 Å². The van der Waals surface area contributed by atoms with Gasteiger partial charge in [-0.05, 0) is 45.4 Å². The molecule has 3 aromatic rings. The van der Waals surface area contributed by atoms with Gasteiger partial charge in [-0.15, -0.1) is 0 Å². The van der Waals surface area contributed by atoms with Crippen LogP contribution in [0.3, 0.4) is 0 Å². The minimum atomic E-state index is 0.0347. The molecule has 19 heavy (non-hydrogen) atoms. The summed E-state index contributed by atoms with van der Waals surface area (Å²) < 4.78 is 5.63. The van der Waals surface area contributed by atoms with Crippen molar-refractivity contribution in [2.75, 3.05) is 21.1 Å². The zero-order valence-electron chi connectivity index (χ0n) is 11.4. The van der Waals surface area contributed by atoms with Crippen molar-refractivity contribution < 1.29 is 4.42 Å². The third-order valence-electron chi connectivity index (χ3n) is 2.48. The van der Waals surface area contributed by atoms with Crippen LogP contribution in [0.5, 0.6) is 0 Å². The number of rotatable bonds is 0. The Labute approximate surface area is 112 Å². The van der Waals surface area contributed by atoms with E-state index in [1.54, 1.807) is 12.1 Å². The first-order valence-electron chi connectivity index (χ1n) is 6.11. The van der Waals surface area contributed by atoms with Crippen LogP contribution in [0.1, 0.15) is 0 Å². The molecule has 3 nitrogen and oxygen atoms in total. The quantitative estimate of drug-likeness (QED) is 0.579. The molecule has 0 amide bonds. The highest BCUT2D eigenvalue weighted by Crippen LogP contribution is 2.17. The zero-order chi connectivity index (χ0) is 13.8. The Morgan fingerprint density at radius 1 is 0.789 bits per heavy atom. The van der Waals surface area contributed by atoms with Gasteiger partial charge in [0, 0.05) is 0 Å². The predicted octanol–water partition coefficient (Wildman–Crippen LogP) is 3.12. The first-order chi connectivity index (χ1) is 9.09. The SMILES string of the molecule is CN(C)C.O=c1c2ccccc2oc2ccccc12. The second kappa shape index (κ2) is 5.67. The first-order valence-corrected chi connectivity index (χ1v) is 6.11. The lowest BCUT2D eigenvalue weighted by molar-refractivity contribution is 0.505.